The van der Waals surface area contributed by atoms with Crippen molar-refractivity contribution in [3.05, 3.63) is 89.1 Å². The van der Waals surface area contributed by atoms with Crippen molar-refractivity contribution in [3.63, 3.8) is 0 Å². The van der Waals surface area contributed by atoms with Gasteiger partial charge in [-0.3, -0.25) is 14.2 Å². The molecule has 1 aromatic heterocycles. The molecule has 3 aromatic rings. The third-order valence-corrected chi connectivity index (χ3v) is 3.98. The first-order valence-electron chi connectivity index (χ1n) is 8.09. The number of hydrogen-bond donors (Lipinski definition) is 1. The topological polar surface area (TPSA) is 64.0 Å². The molecule has 0 fully saturated rings. The molecule has 0 aliphatic heterocycles. The molecule has 0 spiro atoms. The van der Waals surface area contributed by atoms with Crippen LogP contribution in [-0.4, -0.2) is 15.5 Å². The maximum atomic E-state index is 12.6. The molecular weight excluding hydrogens is 314 g/mol. The zero-order valence-electron chi connectivity index (χ0n) is 13.9. The predicted molar refractivity (Wildman–Crippen MR) is 96.9 cm³/mol. The van der Waals surface area contributed by atoms with Crippen molar-refractivity contribution in [2.45, 2.75) is 19.5 Å². The van der Waals surface area contributed by atoms with E-state index in [1.54, 1.807) is 0 Å². The minimum absolute atomic E-state index is 0.0658. The van der Waals surface area contributed by atoms with Gasteiger partial charge < -0.3 is 5.32 Å². The van der Waals surface area contributed by atoms with E-state index in [1.807, 2.05) is 67.6 Å². The monoisotopic (exact) mass is 333 g/mol. The summed E-state index contributed by atoms with van der Waals surface area (Å²) in [5, 5.41) is 2.90. The quantitative estimate of drug-likeness (QED) is 0.781. The van der Waals surface area contributed by atoms with Crippen molar-refractivity contribution in [2.24, 2.45) is 0 Å². The summed E-state index contributed by atoms with van der Waals surface area (Å²) in [6.07, 6.45) is 2.92. The van der Waals surface area contributed by atoms with Gasteiger partial charge in [0.15, 0.2) is 0 Å². The molecule has 0 bridgehead atoms. The average molecular weight is 333 g/mol. The van der Waals surface area contributed by atoms with E-state index < -0.39 is 0 Å². The Morgan fingerprint density at radius 1 is 1.08 bits per heavy atom. The Balaban J connectivity index is 1.75. The second kappa shape index (κ2) is 7.57. The number of nitrogens with one attached hydrogen (secondary N) is 1. The van der Waals surface area contributed by atoms with Crippen LogP contribution < -0.4 is 10.9 Å². The Labute approximate surface area is 146 Å². The number of nitrogens with zero attached hydrogens (tertiary/aromatic N) is 2. The van der Waals surface area contributed by atoms with Crippen LogP contribution in [0.1, 0.15) is 18.5 Å². The number of amides is 1. The molecule has 1 atom stereocenters. The Bertz CT molecular complexity index is 905. The molecule has 126 valence electrons. The molecule has 5 nitrogen and oxygen atoms in total. The van der Waals surface area contributed by atoms with Gasteiger partial charge in [0.25, 0.3) is 5.56 Å². The van der Waals surface area contributed by atoms with Gasteiger partial charge in [-0.15, -0.1) is 0 Å². The highest BCUT2D eigenvalue weighted by molar-refractivity contribution is 5.76. The molecule has 0 aliphatic rings. The predicted octanol–water partition coefficient (Wildman–Crippen LogP) is 2.79. The lowest BCUT2D eigenvalue weighted by Crippen LogP contribution is -2.34. The van der Waals surface area contributed by atoms with Crippen molar-refractivity contribution in [1.29, 1.82) is 0 Å². The van der Waals surface area contributed by atoms with E-state index in [2.05, 4.69) is 10.3 Å². The summed E-state index contributed by atoms with van der Waals surface area (Å²) in [7, 11) is 0. The maximum absolute atomic E-state index is 12.6. The van der Waals surface area contributed by atoms with Gasteiger partial charge in [-0.1, -0.05) is 60.7 Å². The van der Waals surface area contributed by atoms with Gasteiger partial charge in [-0.05, 0) is 18.1 Å². The minimum atomic E-state index is -0.233. The minimum Gasteiger partial charge on any atom is -0.348 e. The molecule has 0 saturated carbocycles. The first-order chi connectivity index (χ1) is 12.1. The second-order valence-corrected chi connectivity index (χ2v) is 5.81. The standard InChI is InChI=1S/C20H19N3O2/c1-15(16-8-4-2-5-9-16)22-19(24)13-23-14-21-12-18(20(23)25)17-10-6-3-7-11-17/h2-12,14-15H,13H2,1H3,(H,22,24)/t15-/m1/s1. The van der Waals surface area contributed by atoms with Gasteiger partial charge in [-0.25, -0.2) is 4.98 Å². The molecule has 0 radical (unpaired) electrons. The third kappa shape index (κ3) is 4.01. The van der Waals surface area contributed by atoms with Gasteiger partial charge in [0.1, 0.15) is 6.54 Å². The summed E-state index contributed by atoms with van der Waals surface area (Å²) in [5.41, 5.74) is 2.04. The largest absolute Gasteiger partial charge is 0.348 e. The molecule has 0 saturated heterocycles. The van der Waals surface area contributed by atoms with E-state index in [1.165, 1.54) is 17.1 Å². The summed E-state index contributed by atoms with van der Waals surface area (Å²) >= 11 is 0. The first kappa shape index (κ1) is 16.6. The normalized spacial score (nSPS) is 11.7. The highest BCUT2D eigenvalue weighted by atomic mass is 16.2. The van der Waals surface area contributed by atoms with E-state index in [0.29, 0.717) is 5.56 Å². The van der Waals surface area contributed by atoms with Gasteiger partial charge in [0, 0.05) is 6.20 Å². The SMILES string of the molecule is C[C@@H](NC(=O)Cn1cncc(-c2ccccc2)c1=O)c1ccccc1. The summed E-state index contributed by atoms with van der Waals surface area (Å²) < 4.78 is 1.33. The van der Waals surface area contributed by atoms with E-state index in [-0.39, 0.29) is 24.1 Å². The fourth-order valence-corrected chi connectivity index (χ4v) is 2.65. The van der Waals surface area contributed by atoms with Crippen LogP contribution in [0.3, 0.4) is 0 Å². The van der Waals surface area contributed by atoms with Gasteiger partial charge >= 0.3 is 0 Å². The van der Waals surface area contributed by atoms with Crippen LogP contribution in [0, 0.1) is 0 Å². The van der Waals surface area contributed by atoms with E-state index in [9.17, 15) is 9.59 Å². The average Bonchev–Trinajstić information content (AvgIpc) is 2.65. The first-order valence-corrected chi connectivity index (χ1v) is 8.09. The van der Waals surface area contributed by atoms with Crippen LogP contribution in [0.25, 0.3) is 11.1 Å². The smallest absolute Gasteiger partial charge is 0.261 e. The number of carbonyl (C=O) groups is 1. The lowest BCUT2D eigenvalue weighted by Gasteiger charge is -2.15. The van der Waals surface area contributed by atoms with Gasteiger partial charge in [-0.2, -0.15) is 0 Å². The van der Waals surface area contributed by atoms with Crippen molar-refractivity contribution in [3.8, 4) is 11.1 Å². The molecule has 5 heteroatoms. The van der Waals surface area contributed by atoms with E-state index >= 15 is 0 Å². The maximum Gasteiger partial charge on any atom is 0.261 e. The van der Waals surface area contributed by atoms with Crippen molar-refractivity contribution in [1.82, 2.24) is 14.9 Å². The van der Waals surface area contributed by atoms with Crippen molar-refractivity contribution < 1.29 is 4.79 Å². The summed E-state index contributed by atoms with van der Waals surface area (Å²) in [5.74, 6) is -0.231. The third-order valence-electron chi connectivity index (χ3n) is 3.98. The summed E-state index contributed by atoms with van der Waals surface area (Å²) in [4.78, 5) is 29.0. The van der Waals surface area contributed by atoms with Crippen molar-refractivity contribution in [2.75, 3.05) is 0 Å². The van der Waals surface area contributed by atoms with Crippen LogP contribution >= 0.6 is 0 Å². The number of hydrogen-bond acceptors (Lipinski definition) is 3. The molecule has 1 heterocycles. The lowest BCUT2D eigenvalue weighted by atomic mass is 10.1. The molecule has 0 aliphatic carbocycles. The molecular formula is C20H19N3O2. The molecule has 1 N–H and O–H groups in total. The Hall–Kier alpha value is -3.21. The molecule has 0 unspecified atom stereocenters. The fourth-order valence-electron chi connectivity index (χ4n) is 2.65. The lowest BCUT2D eigenvalue weighted by molar-refractivity contribution is -0.122. The fraction of sp³-hybridized carbons (Fsp3) is 0.150. The molecule has 1 amide bonds. The van der Waals surface area contributed by atoms with Gasteiger partial charge in [0.05, 0.1) is 17.9 Å². The Morgan fingerprint density at radius 2 is 1.72 bits per heavy atom. The Kier molecular flexibility index (Phi) is 5.04. The number of aromatic nitrogens is 2. The van der Waals surface area contributed by atoms with Crippen LogP contribution in [0.4, 0.5) is 0 Å². The van der Waals surface area contributed by atoms with Crippen molar-refractivity contribution >= 4 is 5.91 Å². The van der Waals surface area contributed by atoms with E-state index in [0.717, 1.165) is 11.1 Å². The number of benzene rings is 2. The number of carbonyl (C=O) groups excluding carboxylic acids is 1. The molecule has 3 rings (SSSR count). The van der Waals surface area contributed by atoms with E-state index in [4.69, 9.17) is 0 Å². The Morgan fingerprint density at radius 3 is 2.40 bits per heavy atom. The summed E-state index contributed by atoms with van der Waals surface area (Å²) in [6.45, 7) is 1.85. The second-order valence-electron chi connectivity index (χ2n) is 5.81. The molecule has 25 heavy (non-hydrogen) atoms. The highest BCUT2D eigenvalue weighted by Gasteiger charge is 2.12. The zero-order valence-corrected chi connectivity index (χ0v) is 13.9. The summed E-state index contributed by atoms with van der Waals surface area (Å²) in [6, 6.07) is 18.9. The number of rotatable bonds is 5. The highest BCUT2D eigenvalue weighted by Crippen LogP contribution is 2.13. The van der Waals surface area contributed by atoms with Crippen LogP contribution in [-0.2, 0) is 11.3 Å². The van der Waals surface area contributed by atoms with Gasteiger partial charge in [0.2, 0.25) is 5.91 Å². The van der Waals surface area contributed by atoms with Crippen LogP contribution in [0.15, 0.2) is 78.0 Å². The zero-order chi connectivity index (χ0) is 17.6. The van der Waals surface area contributed by atoms with Crippen LogP contribution in [0.2, 0.25) is 0 Å². The molecule has 2 aromatic carbocycles. The van der Waals surface area contributed by atoms with Crippen LogP contribution in [0.5, 0.6) is 0 Å².